The van der Waals surface area contributed by atoms with E-state index in [0.717, 1.165) is 36.8 Å². The van der Waals surface area contributed by atoms with Crippen molar-refractivity contribution < 1.29 is 19.5 Å². The van der Waals surface area contributed by atoms with Crippen molar-refractivity contribution in [3.05, 3.63) is 90.3 Å². The number of carboxylic acid groups (broad SMARTS) is 1. The maximum atomic E-state index is 13.3. The van der Waals surface area contributed by atoms with Crippen LogP contribution in [0.4, 0.5) is 11.4 Å². The molecule has 2 aromatic carbocycles. The third-order valence-corrected chi connectivity index (χ3v) is 5.55. The van der Waals surface area contributed by atoms with Crippen LogP contribution in [-0.2, 0) is 4.79 Å². The molecule has 3 aromatic rings. The largest absolute Gasteiger partial charge is 0.478 e. The standard InChI is InChI=1S/C25H25N5O4/c31-23(18-6-8-20(9-7-18)29-16-14-27-15-17-29)28-22(25(33)34)30(21-4-2-1-3-5-21)24(32)19-10-12-26-13-11-19/h1-13,22,27H,14-17H2,(H,28,31)(H,33,34). The van der Waals surface area contributed by atoms with Gasteiger partial charge in [0.25, 0.3) is 11.8 Å². The third kappa shape index (κ3) is 5.21. The number of nitrogens with zero attached hydrogens (tertiary/aromatic N) is 3. The van der Waals surface area contributed by atoms with Crippen LogP contribution < -0.4 is 20.4 Å². The monoisotopic (exact) mass is 459 g/mol. The van der Waals surface area contributed by atoms with Gasteiger partial charge in [-0.05, 0) is 48.5 Å². The van der Waals surface area contributed by atoms with E-state index in [1.165, 1.54) is 24.5 Å². The number of nitrogens with one attached hydrogen (secondary N) is 2. The number of para-hydroxylation sites is 1. The van der Waals surface area contributed by atoms with Gasteiger partial charge in [-0.2, -0.15) is 0 Å². The Kier molecular flexibility index (Phi) is 7.14. The summed E-state index contributed by atoms with van der Waals surface area (Å²) in [4.78, 5) is 45.7. The van der Waals surface area contributed by atoms with Crippen LogP contribution in [0, 0.1) is 0 Å². The molecule has 9 heteroatoms. The van der Waals surface area contributed by atoms with Gasteiger partial charge in [0.2, 0.25) is 6.17 Å². The van der Waals surface area contributed by atoms with E-state index in [1.807, 2.05) is 12.1 Å². The maximum Gasteiger partial charge on any atom is 0.347 e. The van der Waals surface area contributed by atoms with Crippen molar-refractivity contribution in [2.45, 2.75) is 6.17 Å². The van der Waals surface area contributed by atoms with Gasteiger partial charge in [0.1, 0.15) is 0 Å². The summed E-state index contributed by atoms with van der Waals surface area (Å²) in [5.41, 5.74) is 1.88. The summed E-state index contributed by atoms with van der Waals surface area (Å²) < 4.78 is 0. The second-order valence-corrected chi connectivity index (χ2v) is 7.74. The van der Waals surface area contributed by atoms with Crippen LogP contribution in [0.25, 0.3) is 0 Å². The van der Waals surface area contributed by atoms with Gasteiger partial charge in [0.05, 0.1) is 0 Å². The number of hydrogen-bond acceptors (Lipinski definition) is 6. The number of aromatic nitrogens is 1. The molecule has 34 heavy (non-hydrogen) atoms. The van der Waals surface area contributed by atoms with Gasteiger partial charge in [0, 0.05) is 61.1 Å². The van der Waals surface area contributed by atoms with Gasteiger partial charge in [-0.15, -0.1) is 0 Å². The fourth-order valence-electron chi connectivity index (χ4n) is 3.80. The maximum absolute atomic E-state index is 13.3. The van der Waals surface area contributed by atoms with E-state index < -0.39 is 23.9 Å². The minimum atomic E-state index is -1.62. The summed E-state index contributed by atoms with van der Waals surface area (Å²) in [6.07, 6.45) is 1.28. The highest BCUT2D eigenvalue weighted by Gasteiger charge is 2.33. The molecule has 2 heterocycles. The summed E-state index contributed by atoms with van der Waals surface area (Å²) >= 11 is 0. The lowest BCUT2D eigenvalue weighted by atomic mass is 10.1. The first-order valence-electron chi connectivity index (χ1n) is 10.9. The number of benzene rings is 2. The summed E-state index contributed by atoms with van der Waals surface area (Å²) in [7, 11) is 0. The van der Waals surface area contributed by atoms with Crippen molar-refractivity contribution in [3.8, 4) is 0 Å². The average molecular weight is 460 g/mol. The summed E-state index contributed by atoms with van der Waals surface area (Å²) in [5, 5.41) is 15.8. The van der Waals surface area contributed by atoms with Gasteiger partial charge in [-0.3, -0.25) is 19.5 Å². The molecule has 0 bridgehead atoms. The van der Waals surface area contributed by atoms with Crippen LogP contribution in [0.15, 0.2) is 79.1 Å². The molecule has 1 saturated heterocycles. The molecule has 0 spiro atoms. The minimum Gasteiger partial charge on any atom is -0.478 e. The van der Waals surface area contributed by atoms with E-state index in [2.05, 4.69) is 20.5 Å². The topological polar surface area (TPSA) is 115 Å². The summed E-state index contributed by atoms with van der Waals surface area (Å²) in [6.45, 7) is 3.53. The Balaban J connectivity index is 1.59. The van der Waals surface area contributed by atoms with Gasteiger partial charge in [0.15, 0.2) is 0 Å². The van der Waals surface area contributed by atoms with Crippen molar-refractivity contribution in [2.24, 2.45) is 0 Å². The fraction of sp³-hybridized carbons (Fsp3) is 0.200. The Bertz CT molecular complexity index is 1130. The van der Waals surface area contributed by atoms with Gasteiger partial charge < -0.3 is 20.6 Å². The van der Waals surface area contributed by atoms with Gasteiger partial charge in [-0.1, -0.05) is 18.2 Å². The Morgan fingerprint density at radius 3 is 2.18 bits per heavy atom. The lowest BCUT2D eigenvalue weighted by molar-refractivity contribution is -0.139. The van der Waals surface area contributed by atoms with Crippen molar-refractivity contribution in [2.75, 3.05) is 36.0 Å². The Morgan fingerprint density at radius 2 is 1.56 bits per heavy atom. The van der Waals surface area contributed by atoms with Crippen molar-refractivity contribution >= 4 is 29.2 Å². The molecule has 3 N–H and O–H groups in total. The molecular weight excluding hydrogens is 434 g/mol. The number of piperazine rings is 1. The van der Waals surface area contributed by atoms with Crippen LogP contribution in [0.5, 0.6) is 0 Å². The molecule has 4 rings (SSSR count). The van der Waals surface area contributed by atoms with Crippen LogP contribution in [0.3, 0.4) is 0 Å². The molecule has 9 nitrogen and oxygen atoms in total. The van der Waals surface area contributed by atoms with Gasteiger partial charge in [-0.25, -0.2) is 4.79 Å². The zero-order valence-electron chi connectivity index (χ0n) is 18.4. The Hall–Kier alpha value is -4.24. The molecular formula is C25H25N5O4. The number of amides is 2. The van der Waals surface area contributed by atoms with Crippen molar-refractivity contribution in [3.63, 3.8) is 0 Å². The lowest BCUT2D eigenvalue weighted by Crippen LogP contribution is -2.55. The zero-order valence-corrected chi connectivity index (χ0v) is 18.4. The van der Waals surface area contributed by atoms with Crippen LogP contribution in [0.2, 0.25) is 0 Å². The molecule has 1 aromatic heterocycles. The average Bonchev–Trinajstić information content (AvgIpc) is 2.89. The molecule has 174 valence electrons. The van der Waals surface area contributed by atoms with Crippen molar-refractivity contribution in [1.82, 2.24) is 15.6 Å². The molecule has 1 fully saturated rings. The summed E-state index contributed by atoms with van der Waals surface area (Å²) in [5.74, 6) is -2.53. The highest BCUT2D eigenvalue weighted by atomic mass is 16.4. The molecule has 0 saturated carbocycles. The number of hydrogen-bond donors (Lipinski definition) is 3. The van der Waals surface area contributed by atoms with Crippen molar-refractivity contribution in [1.29, 1.82) is 0 Å². The molecule has 1 aliphatic heterocycles. The van der Waals surface area contributed by atoms with E-state index in [1.54, 1.807) is 42.5 Å². The number of pyridine rings is 1. The molecule has 1 aliphatic rings. The third-order valence-electron chi connectivity index (χ3n) is 5.55. The second-order valence-electron chi connectivity index (χ2n) is 7.74. The molecule has 1 atom stereocenters. The van der Waals surface area contributed by atoms with Crippen LogP contribution >= 0.6 is 0 Å². The number of carboxylic acids is 1. The number of aliphatic carboxylic acids is 1. The first kappa shape index (κ1) is 22.9. The lowest BCUT2D eigenvalue weighted by Gasteiger charge is -2.30. The van der Waals surface area contributed by atoms with Crippen LogP contribution in [-0.4, -0.2) is 60.2 Å². The normalized spacial score (nSPS) is 14.2. The number of anilines is 2. The first-order chi connectivity index (χ1) is 16.5. The van der Waals surface area contributed by atoms with Crippen LogP contribution in [0.1, 0.15) is 20.7 Å². The second kappa shape index (κ2) is 10.6. The fourth-order valence-corrected chi connectivity index (χ4v) is 3.80. The molecule has 0 radical (unpaired) electrons. The Morgan fingerprint density at radius 1 is 0.912 bits per heavy atom. The smallest absolute Gasteiger partial charge is 0.347 e. The van der Waals surface area contributed by atoms with E-state index in [9.17, 15) is 19.5 Å². The SMILES string of the molecule is O=C(NC(C(=O)O)N(C(=O)c1ccncc1)c1ccccc1)c1ccc(N2CCNCC2)cc1. The van der Waals surface area contributed by atoms with Gasteiger partial charge >= 0.3 is 5.97 Å². The molecule has 1 unspecified atom stereocenters. The predicted molar refractivity (Wildman–Crippen MR) is 128 cm³/mol. The van der Waals surface area contributed by atoms with E-state index >= 15 is 0 Å². The number of carbonyl (C=O) groups excluding carboxylic acids is 2. The highest BCUT2D eigenvalue weighted by molar-refractivity contribution is 6.10. The quantitative estimate of drug-likeness (QED) is 0.463. The molecule has 0 aliphatic carbocycles. The van der Waals surface area contributed by atoms with E-state index in [0.29, 0.717) is 11.3 Å². The predicted octanol–water partition coefficient (Wildman–Crippen LogP) is 1.98. The van der Waals surface area contributed by atoms with E-state index in [-0.39, 0.29) is 5.56 Å². The summed E-state index contributed by atoms with van der Waals surface area (Å²) in [6, 6.07) is 18.4. The zero-order chi connectivity index (χ0) is 23.9. The highest BCUT2D eigenvalue weighted by Crippen LogP contribution is 2.20. The number of rotatable bonds is 7. The Labute approximate surface area is 197 Å². The number of carbonyl (C=O) groups is 3. The minimum absolute atomic E-state index is 0.250. The first-order valence-corrected chi connectivity index (χ1v) is 10.9. The van der Waals surface area contributed by atoms with E-state index in [4.69, 9.17) is 0 Å². The molecule has 2 amide bonds.